The first-order valence-electron chi connectivity index (χ1n) is 10.1. The van der Waals surface area contributed by atoms with E-state index >= 15 is 0 Å². The van der Waals surface area contributed by atoms with E-state index in [1.165, 1.54) is 0 Å². The Kier molecular flexibility index (Phi) is 5.75. The van der Waals surface area contributed by atoms with Crippen molar-refractivity contribution in [3.05, 3.63) is 119 Å². The number of hydrogen-bond acceptors (Lipinski definition) is 4. The molecule has 0 atom stereocenters. The molecule has 0 saturated heterocycles. The van der Waals surface area contributed by atoms with E-state index in [1.807, 2.05) is 66.7 Å². The number of rotatable bonds is 4. The molecule has 3 aromatic carbocycles. The molecule has 156 valence electrons. The molecule has 0 unspecified atom stereocenters. The van der Waals surface area contributed by atoms with Gasteiger partial charge in [0.2, 0.25) is 0 Å². The number of benzene rings is 3. The summed E-state index contributed by atoms with van der Waals surface area (Å²) < 4.78 is 0. The van der Waals surface area contributed by atoms with Gasteiger partial charge in [0.25, 0.3) is 5.91 Å². The quantitative estimate of drug-likeness (QED) is 0.346. The molecule has 0 aliphatic carbocycles. The van der Waals surface area contributed by atoms with E-state index in [2.05, 4.69) is 22.4 Å². The van der Waals surface area contributed by atoms with Gasteiger partial charge in [0.15, 0.2) is 0 Å². The lowest BCUT2D eigenvalue weighted by molar-refractivity contribution is 0.0951. The van der Waals surface area contributed by atoms with E-state index in [0.29, 0.717) is 17.1 Å². The Balaban J connectivity index is 1.51. The van der Waals surface area contributed by atoms with E-state index < -0.39 is 0 Å². The third kappa shape index (κ3) is 4.31. The number of nitrogens with one attached hydrogen (secondary N) is 1. The number of fused-ring (bicyclic) bond motifs is 2. The minimum absolute atomic E-state index is 0.147. The van der Waals surface area contributed by atoms with E-state index in [0.717, 1.165) is 37.9 Å². The van der Waals surface area contributed by atoms with Crippen LogP contribution in [0.25, 0.3) is 0 Å². The summed E-state index contributed by atoms with van der Waals surface area (Å²) in [6.07, 6.45) is 3.46. The molecule has 0 bridgehead atoms. The number of nitrogens with zero attached hydrogens (tertiary/aromatic N) is 2. The van der Waals surface area contributed by atoms with Crippen LogP contribution in [0.2, 0.25) is 5.02 Å². The van der Waals surface area contributed by atoms with Crippen LogP contribution >= 0.6 is 23.4 Å². The fourth-order valence-corrected chi connectivity index (χ4v) is 4.63. The van der Waals surface area contributed by atoms with Crippen molar-refractivity contribution in [3.8, 4) is 0 Å². The van der Waals surface area contributed by atoms with Crippen LogP contribution in [0, 0.1) is 0 Å². The molecular formula is C26H18ClN3OS. The number of amides is 1. The van der Waals surface area contributed by atoms with Crippen LogP contribution in [0.15, 0.2) is 106 Å². The lowest BCUT2D eigenvalue weighted by Gasteiger charge is -2.09. The Labute approximate surface area is 195 Å². The zero-order chi connectivity index (χ0) is 21.9. The van der Waals surface area contributed by atoms with Crippen LogP contribution in [-0.4, -0.2) is 16.6 Å². The van der Waals surface area contributed by atoms with Crippen LogP contribution in [0.4, 0.5) is 5.69 Å². The van der Waals surface area contributed by atoms with Crippen molar-refractivity contribution in [1.29, 1.82) is 0 Å². The maximum atomic E-state index is 12.8. The van der Waals surface area contributed by atoms with Crippen molar-refractivity contribution < 1.29 is 4.79 Å². The molecular weight excluding hydrogens is 438 g/mol. The molecule has 0 radical (unpaired) electrons. The van der Waals surface area contributed by atoms with Gasteiger partial charge in [-0.2, -0.15) is 0 Å². The number of carbonyl (C=O) groups is 1. The Morgan fingerprint density at radius 3 is 2.59 bits per heavy atom. The molecule has 5 rings (SSSR count). The first-order chi connectivity index (χ1) is 15.7. The van der Waals surface area contributed by atoms with Gasteiger partial charge in [-0.05, 0) is 48.0 Å². The second kappa shape index (κ2) is 8.99. The molecule has 32 heavy (non-hydrogen) atoms. The molecule has 1 amide bonds. The summed E-state index contributed by atoms with van der Waals surface area (Å²) in [4.78, 5) is 24.0. The molecule has 2 heterocycles. The number of halogens is 1. The highest BCUT2D eigenvalue weighted by Gasteiger charge is 2.20. The zero-order valence-corrected chi connectivity index (χ0v) is 18.5. The Morgan fingerprint density at radius 1 is 0.938 bits per heavy atom. The van der Waals surface area contributed by atoms with Gasteiger partial charge in [0.05, 0.1) is 11.4 Å². The Bertz CT molecular complexity index is 1320. The first-order valence-corrected chi connectivity index (χ1v) is 11.3. The normalized spacial score (nSPS) is 12.2. The third-order valence-corrected chi connectivity index (χ3v) is 6.50. The van der Waals surface area contributed by atoms with Crippen molar-refractivity contribution in [2.75, 3.05) is 0 Å². The Hall–Kier alpha value is -3.41. The van der Waals surface area contributed by atoms with Gasteiger partial charge in [-0.25, -0.2) is 4.99 Å². The summed E-state index contributed by atoms with van der Waals surface area (Å²) in [5.41, 5.74) is 5.17. The van der Waals surface area contributed by atoms with Gasteiger partial charge in [0.1, 0.15) is 0 Å². The lowest BCUT2D eigenvalue weighted by atomic mass is 10.0. The number of hydrogen-bond donors (Lipinski definition) is 1. The van der Waals surface area contributed by atoms with Crippen molar-refractivity contribution in [2.45, 2.75) is 16.3 Å². The van der Waals surface area contributed by atoms with E-state index in [-0.39, 0.29) is 5.91 Å². The largest absolute Gasteiger partial charge is 0.348 e. The summed E-state index contributed by atoms with van der Waals surface area (Å²) in [5.74, 6) is -0.147. The molecule has 4 aromatic rings. The van der Waals surface area contributed by atoms with Crippen LogP contribution in [-0.2, 0) is 6.54 Å². The molecule has 1 aromatic heterocycles. The van der Waals surface area contributed by atoms with Crippen molar-refractivity contribution in [3.63, 3.8) is 0 Å². The van der Waals surface area contributed by atoms with Gasteiger partial charge >= 0.3 is 0 Å². The molecule has 0 fully saturated rings. The minimum atomic E-state index is -0.147. The summed E-state index contributed by atoms with van der Waals surface area (Å²) >= 11 is 7.76. The van der Waals surface area contributed by atoms with Crippen molar-refractivity contribution in [1.82, 2.24) is 10.3 Å². The Morgan fingerprint density at radius 2 is 1.78 bits per heavy atom. The number of carbonyl (C=O) groups excluding carboxylic acids is 1. The number of aromatic nitrogens is 1. The number of pyridine rings is 1. The lowest BCUT2D eigenvalue weighted by Crippen LogP contribution is -2.22. The second-order valence-corrected chi connectivity index (χ2v) is 8.81. The maximum absolute atomic E-state index is 12.8. The van der Waals surface area contributed by atoms with Crippen LogP contribution in [0.3, 0.4) is 0 Å². The smallest absolute Gasteiger partial charge is 0.251 e. The minimum Gasteiger partial charge on any atom is -0.348 e. The SMILES string of the molecule is O=C(NCc1cccnc1)c1ccc2c(c1)N=C(c1ccc(Cl)cc1)c1ccccc1S2. The predicted molar refractivity (Wildman–Crippen MR) is 129 cm³/mol. The van der Waals surface area contributed by atoms with Gasteiger partial charge in [0, 0.05) is 50.4 Å². The zero-order valence-electron chi connectivity index (χ0n) is 17.0. The van der Waals surface area contributed by atoms with Crippen molar-refractivity contribution in [2.24, 2.45) is 4.99 Å². The predicted octanol–water partition coefficient (Wildman–Crippen LogP) is 6.30. The fourth-order valence-electron chi connectivity index (χ4n) is 3.50. The molecule has 0 spiro atoms. The molecule has 1 aliphatic heterocycles. The second-order valence-electron chi connectivity index (χ2n) is 7.29. The summed E-state index contributed by atoms with van der Waals surface area (Å²) in [5, 5.41) is 3.63. The molecule has 4 nitrogen and oxygen atoms in total. The van der Waals surface area contributed by atoms with Crippen LogP contribution < -0.4 is 5.32 Å². The van der Waals surface area contributed by atoms with E-state index in [4.69, 9.17) is 16.6 Å². The molecule has 1 aliphatic rings. The standard InChI is InChI=1S/C26H18ClN3OS/c27-20-10-7-18(8-11-20)25-21-5-1-2-6-23(21)32-24-12-9-19(14-22(24)30-25)26(31)29-16-17-4-3-13-28-15-17/h1-15H,16H2,(H,29,31). The highest BCUT2D eigenvalue weighted by Crippen LogP contribution is 2.41. The molecule has 6 heteroatoms. The third-order valence-electron chi connectivity index (χ3n) is 5.11. The number of aliphatic imine (C=N–C) groups is 1. The highest BCUT2D eigenvalue weighted by atomic mass is 35.5. The topological polar surface area (TPSA) is 54.4 Å². The van der Waals surface area contributed by atoms with E-state index in [1.54, 1.807) is 24.2 Å². The van der Waals surface area contributed by atoms with Crippen LogP contribution in [0.5, 0.6) is 0 Å². The first kappa shape index (κ1) is 20.5. The van der Waals surface area contributed by atoms with Gasteiger partial charge < -0.3 is 5.32 Å². The van der Waals surface area contributed by atoms with Crippen molar-refractivity contribution >= 4 is 40.7 Å². The van der Waals surface area contributed by atoms with Crippen LogP contribution in [0.1, 0.15) is 27.0 Å². The molecule has 0 saturated carbocycles. The van der Waals surface area contributed by atoms with Gasteiger partial charge in [-0.3, -0.25) is 9.78 Å². The summed E-state index contributed by atoms with van der Waals surface area (Å²) in [6.45, 7) is 0.420. The van der Waals surface area contributed by atoms with Gasteiger partial charge in [-0.15, -0.1) is 0 Å². The highest BCUT2D eigenvalue weighted by molar-refractivity contribution is 7.99. The summed E-state index contributed by atoms with van der Waals surface area (Å²) in [7, 11) is 0. The average Bonchev–Trinajstić information content (AvgIpc) is 3.00. The maximum Gasteiger partial charge on any atom is 0.251 e. The fraction of sp³-hybridized carbons (Fsp3) is 0.0385. The average molecular weight is 456 g/mol. The van der Waals surface area contributed by atoms with E-state index in [9.17, 15) is 4.79 Å². The van der Waals surface area contributed by atoms with Gasteiger partial charge in [-0.1, -0.05) is 59.8 Å². The molecule has 1 N–H and O–H groups in total. The monoisotopic (exact) mass is 455 g/mol. The summed E-state index contributed by atoms with van der Waals surface area (Å²) in [6, 6.07) is 25.3.